The van der Waals surface area contributed by atoms with Gasteiger partial charge in [0.15, 0.2) is 5.75 Å². The molecule has 2 unspecified atom stereocenters. The number of aromatic hydroxyl groups is 1. The monoisotopic (exact) mass is 417 g/mol. The van der Waals surface area contributed by atoms with Crippen LogP contribution in [0.5, 0.6) is 5.75 Å². The highest BCUT2D eigenvalue weighted by molar-refractivity contribution is 7.89. The van der Waals surface area contributed by atoms with E-state index in [9.17, 15) is 23.1 Å². The second-order valence-corrected chi connectivity index (χ2v) is 10.3. The minimum atomic E-state index is -4.01. The maximum Gasteiger partial charge on any atom is 0.247 e. The fraction of sp³-hybridized carbons (Fsp3) is 0.529. The largest absolute Gasteiger partial charge is 0.504 e. The quantitative estimate of drug-likeness (QED) is 0.471. The number of halogens is 1. The van der Waals surface area contributed by atoms with Crippen LogP contribution in [-0.4, -0.2) is 62.1 Å². The lowest BCUT2D eigenvalue weighted by Gasteiger charge is -2.36. The number of nitrogens with zero attached hydrogens (tertiary/aromatic N) is 1. The Bertz CT molecular complexity index is 877. The summed E-state index contributed by atoms with van der Waals surface area (Å²) in [6.07, 6.45) is 0. The zero-order valence-electron chi connectivity index (χ0n) is 15.8. The third-order valence-corrected chi connectivity index (χ3v) is 6.44. The van der Waals surface area contributed by atoms with Crippen LogP contribution in [0.4, 0.5) is 5.69 Å². The number of hydrogen-bond donors (Lipinski definition) is 3. The summed E-state index contributed by atoms with van der Waals surface area (Å²) in [7, 11) is -1.39. The van der Waals surface area contributed by atoms with E-state index in [1.807, 2.05) is 20.8 Å². The molecule has 8 nitrogen and oxygen atoms in total. The van der Waals surface area contributed by atoms with Crippen molar-refractivity contribution in [1.29, 1.82) is 0 Å². The zero-order chi connectivity index (χ0) is 20.7. The number of hydrogen-bond acceptors (Lipinski definition) is 7. The summed E-state index contributed by atoms with van der Waals surface area (Å²) in [4.78, 5) is 23.4. The Hall–Kier alpha value is -1.68. The molecule has 1 aliphatic carbocycles. The number of carbonyl (C=O) groups is 2. The van der Waals surface area contributed by atoms with Crippen LogP contribution < -0.4 is 10.6 Å². The molecule has 1 aromatic rings. The lowest BCUT2D eigenvalue weighted by molar-refractivity contribution is -0.145. The number of sulfonamides is 1. The molecule has 10 heteroatoms. The van der Waals surface area contributed by atoms with Crippen molar-refractivity contribution in [2.24, 2.45) is 5.41 Å². The van der Waals surface area contributed by atoms with Gasteiger partial charge < -0.3 is 15.7 Å². The predicted molar refractivity (Wildman–Crippen MR) is 103 cm³/mol. The molecule has 0 spiro atoms. The van der Waals surface area contributed by atoms with E-state index in [-0.39, 0.29) is 16.1 Å². The fourth-order valence-electron chi connectivity index (χ4n) is 2.55. The van der Waals surface area contributed by atoms with E-state index >= 15 is 0 Å². The number of phenolic OH excluding ortho intramolecular Hbond substituents is 1. The van der Waals surface area contributed by atoms with E-state index in [0.29, 0.717) is 6.54 Å². The maximum absolute atomic E-state index is 12.4. The van der Waals surface area contributed by atoms with Gasteiger partial charge in [-0.15, -0.1) is 0 Å². The fourth-order valence-corrected chi connectivity index (χ4v) is 4.03. The first-order valence-electron chi connectivity index (χ1n) is 8.29. The minimum absolute atomic E-state index is 0.00762. The van der Waals surface area contributed by atoms with Crippen molar-refractivity contribution in [3.63, 3.8) is 0 Å². The smallest absolute Gasteiger partial charge is 0.247 e. The molecule has 3 N–H and O–H groups in total. The third kappa shape index (κ3) is 4.26. The number of phenols is 1. The lowest BCUT2D eigenvalue weighted by Crippen LogP contribution is -2.67. The van der Waals surface area contributed by atoms with E-state index in [4.69, 9.17) is 11.6 Å². The van der Waals surface area contributed by atoms with E-state index in [1.165, 1.54) is 26.2 Å². The van der Waals surface area contributed by atoms with Crippen LogP contribution in [0.2, 0.25) is 5.02 Å². The van der Waals surface area contributed by atoms with E-state index in [0.717, 1.165) is 4.31 Å². The SMILES string of the molecule is CN(C)S(=O)(=O)c1c(Cl)ccc(NC2C(=O)C(=O)C2NCC(C)(C)C)c1O. The molecular weight excluding hydrogens is 394 g/mol. The van der Waals surface area contributed by atoms with E-state index in [1.54, 1.807) is 0 Å². The van der Waals surface area contributed by atoms with Gasteiger partial charge in [0.05, 0.1) is 10.7 Å². The van der Waals surface area contributed by atoms with Gasteiger partial charge in [0.1, 0.15) is 17.0 Å². The molecule has 0 radical (unpaired) electrons. The van der Waals surface area contributed by atoms with Crippen LogP contribution in [-0.2, 0) is 19.6 Å². The van der Waals surface area contributed by atoms with Gasteiger partial charge in [0, 0.05) is 20.6 Å². The van der Waals surface area contributed by atoms with Gasteiger partial charge in [0.25, 0.3) is 0 Å². The topological polar surface area (TPSA) is 116 Å². The molecule has 0 heterocycles. The highest BCUT2D eigenvalue weighted by Crippen LogP contribution is 2.39. The number of rotatable bonds is 6. The van der Waals surface area contributed by atoms with Crippen LogP contribution in [0, 0.1) is 5.41 Å². The molecule has 27 heavy (non-hydrogen) atoms. The summed E-state index contributed by atoms with van der Waals surface area (Å²) in [5.41, 5.74) is -0.0908. The molecule has 0 saturated heterocycles. The summed E-state index contributed by atoms with van der Waals surface area (Å²) < 4.78 is 25.7. The predicted octanol–water partition coefficient (Wildman–Crippen LogP) is 1.23. The molecule has 2 rings (SSSR count). The molecule has 1 saturated carbocycles. The maximum atomic E-state index is 12.4. The molecule has 2 atom stereocenters. The number of anilines is 1. The van der Waals surface area contributed by atoms with Crippen molar-refractivity contribution in [3.8, 4) is 5.75 Å². The van der Waals surface area contributed by atoms with Crippen molar-refractivity contribution >= 4 is 38.9 Å². The molecule has 1 fully saturated rings. The average Bonchev–Trinajstić information content (AvgIpc) is 2.54. The van der Waals surface area contributed by atoms with Crippen LogP contribution in [0.3, 0.4) is 0 Å². The van der Waals surface area contributed by atoms with Gasteiger partial charge in [-0.25, -0.2) is 12.7 Å². The summed E-state index contributed by atoms with van der Waals surface area (Å²) >= 11 is 5.97. The summed E-state index contributed by atoms with van der Waals surface area (Å²) in [5, 5.41) is 16.1. The molecule has 1 aromatic carbocycles. The first-order valence-corrected chi connectivity index (χ1v) is 10.1. The van der Waals surface area contributed by atoms with Gasteiger partial charge in [0.2, 0.25) is 21.6 Å². The summed E-state index contributed by atoms with van der Waals surface area (Å²) in [5.74, 6) is -1.78. The Morgan fingerprint density at radius 3 is 2.22 bits per heavy atom. The third-order valence-electron chi connectivity index (χ3n) is 4.13. The van der Waals surface area contributed by atoms with Crippen molar-refractivity contribution < 1.29 is 23.1 Å². The lowest BCUT2D eigenvalue weighted by atomic mass is 9.82. The Kier molecular flexibility index (Phi) is 5.91. The second-order valence-electron chi connectivity index (χ2n) is 7.83. The Morgan fingerprint density at radius 2 is 1.70 bits per heavy atom. The standard InChI is InChI=1S/C17H24ClN3O5S/c1-17(2,3)8-19-11-12(15(24)14(11)23)20-10-7-6-9(18)16(13(10)22)27(25,26)21(4)5/h6-7,11-12,19-20,22H,8H2,1-5H3. The molecule has 0 bridgehead atoms. The Labute approximate surface area is 163 Å². The molecule has 0 aliphatic heterocycles. The summed E-state index contributed by atoms with van der Waals surface area (Å²) in [6, 6.07) is 1.02. The van der Waals surface area contributed by atoms with Gasteiger partial charge in [-0.3, -0.25) is 9.59 Å². The van der Waals surface area contributed by atoms with Crippen molar-refractivity contribution in [3.05, 3.63) is 17.2 Å². The van der Waals surface area contributed by atoms with Gasteiger partial charge in [-0.2, -0.15) is 0 Å². The van der Waals surface area contributed by atoms with Crippen molar-refractivity contribution in [2.75, 3.05) is 26.0 Å². The molecule has 1 aliphatic rings. The molecule has 0 amide bonds. The zero-order valence-corrected chi connectivity index (χ0v) is 17.4. The number of benzene rings is 1. The first kappa shape index (κ1) is 21.6. The van der Waals surface area contributed by atoms with Gasteiger partial charge in [-0.05, 0) is 17.5 Å². The molecule has 150 valence electrons. The number of ketones is 2. The highest BCUT2D eigenvalue weighted by atomic mass is 35.5. The van der Waals surface area contributed by atoms with Crippen LogP contribution in [0.25, 0.3) is 0 Å². The second kappa shape index (κ2) is 7.38. The summed E-state index contributed by atoms with van der Waals surface area (Å²) in [6.45, 7) is 6.45. The number of nitrogens with one attached hydrogen (secondary N) is 2. The Balaban J connectivity index is 2.32. The number of carbonyl (C=O) groups excluding carboxylic acids is 2. The normalized spacial score (nSPS) is 20.7. The van der Waals surface area contributed by atoms with E-state index < -0.39 is 44.3 Å². The average molecular weight is 418 g/mol. The van der Waals surface area contributed by atoms with Crippen molar-refractivity contribution in [1.82, 2.24) is 9.62 Å². The van der Waals surface area contributed by atoms with E-state index in [2.05, 4.69) is 10.6 Å². The first-order chi connectivity index (χ1) is 12.3. The van der Waals surface area contributed by atoms with Crippen molar-refractivity contribution in [2.45, 2.75) is 37.8 Å². The highest BCUT2D eigenvalue weighted by Gasteiger charge is 2.49. The number of Topliss-reactive ketones (excluding diaryl/α,β-unsaturated/α-hetero) is 2. The van der Waals surface area contributed by atoms with Crippen LogP contribution in [0.1, 0.15) is 20.8 Å². The minimum Gasteiger partial charge on any atom is -0.504 e. The molecule has 0 aromatic heterocycles. The van der Waals surface area contributed by atoms with Gasteiger partial charge in [-0.1, -0.05) is 32.4 Å². The van der Waals surface area contributed by atoms with Crippen LogP contribution in [0.15, 0.2) is 17.0 Å². The van der Waals surface area contributed by atoms with Gasteiger partial charge >= 0.3 is 0 Å². The Morgan fingerprint density at radius 1 is 1.15 bits per heavy atom. The molecular formula is C17H24ClN3O5S. The van der Waals surface area contributed by atoms with Crippen LogP contribution >= 0.6 is 11.6 Å².